The summed E-state index contributed by atoms with van der Waals surface area (Å²) in [6.07, 6.45) is 2.77. The highest BCUT2D eigenvalue weighted by molar-refractivity contribution is 5.93. The zero-order chi connectivity index (χ0) is 14.8. The summed E-state index contributed by atoms with van der Waals surface area (Å²) >= 11 is 0. The quantitative estimate of drug-likeness (QED) is 0.880. The number of aryl methyl sites for hydroxylation is 1. The van der Waals surface area contributed by atoms with Gasteiger partial charge in [-0.15, -0.1) is 0 Å². The van der Waals surface area contributed by atoms with Gasteiger partial charge in [0.25, 0.3) is 5.91 Å². The minimum atomic E-state index is -0.798. The fourth-order valence-electron chi connectivity index (χ4n) is 2.96. The standard InChI is InChI=1S/C14H21N3O3/c1-3-5-14(13(19)20)6-4-7-17(9-14)12(18)11-8-10(2)15-16-11/h8H,3-7,9H2,1-2H3,(H,15,16)(H,19,20). The molecule has 1 aromatic heterocycles. The number of carboxylic acid groups (broad SMARTS) is 1. The number of carboxylic acids is 1. The van der Waals surface area contributed by atoms with Crippen molar-refractivity contribution in [2.45, 2.75) is 39.5 Å². The summed E-state index contributed by atoms with van der Waals surface area (Å²) in [5.41, 5.74) is 0.386. The third-order valence-electron chi connectivity index (χ3n) is 3.97. The zero-order valence-corrected chi connectivity index (χ0v) is 12.0. The molecule has 20 heavy (non-hydrogen) atoms. The molecule has 6 nitrogen and oxygen atoms in total. The Hall–Kier alpha value is -1.85. The summed E-state index contributed by atoms with van der Waals surface area (Å²) in [7, 11) is 0. The monoisotopic (exact) mass is 279 g/mol. The number of carbonyl (C=O) groups is 2. The van der Waals surface area contributed by atoms with Gasteiger partial charge < -0.3 is 10.0 Å². The number of carbonyl (C=O) groups excluding carboxylic acids is 1. The molecule has 2 rings (SSSR count). The molecular formula is C14H21N3O3. The van der Waals surface area contributed by atoms with Crippen LogP contribution in [0.15, 0.2) is 6.07 Å². The van der Waals surface area contributed by atoms with Crippen LogP contribution in [0.5, 0.6) is 0 Å². The first kappa shape index (κ1) is 14.6. The van der Waals surface area contributed by atoms with Crippen molar-refractivity contribution in [3.63, 3.8) is 0 Å². The van der Waals surface area contributed by atoms with Crippen LogP contribution in [0.2, 0.25) is 0 Å². The van der Waals surface area contributed by atoms with Crippen LogP contribution in [0.25, 0.3) is 0 Å². The molecule has 1 aliphatic heterocycles. The molecule has 1 unspecified atom stereocenters. The highest BCUT2D eigenvalue weighted by atomic mass is 16.4. The molecule has 0 bridgehead atoms. The van der Waals surface area contributed by atoms with Gasteiger partial charge in [-0.25, -0.2) is 0 Å². The lowest BCUT2D eigenvalue weighted by Gasteiger charge is -2.39. The summed E-state index contributed by atoms with van der Waals surface area (Å²) in [6, 6.07) is 1.69. The first-order valence-corrected chi connectivity index (χ1v) is 7.03. The molecule has 0 spiro atoms. The van der Waals surface area contributed by atoms with Gasteiger partial charge in [0, 0.05) is 18.8 Å². The normalized spacial score (nSPS) is 22.8. The summed E-state index contributed by atoms with van der Waals surface area (Å²) in [4.78, 5) is 25.6. The van der Waals surface area contributed by atoms with Crippen molar-refractivity contribution in [2.75, 3.05) is 13.1 Å². The molecule has 1 amide bonds. The largest absolute Gasteiger partial charge is 0.481 e. The van der Waals surface area contributed by atoms with Crippen LogP contribution in [-0.4, -0.2) is 45.2 Å². The Morgan fingerprint density at radius 2 is 2.30 bits per heavy atom. The van der Waals surface area contributed by atoms with Crippen molar-refractivity contribution in [3.05, 3.63) is 17.5 Å². The van der Waals surface area contributed by atoms with Gasteiger partial charge in [-0.1, -0.05) is 13.3 Å². The van der Waals surface area contributed by atoms with Gasteiger partial charge in [-0.05, 0) is 32.3 Å². The van der Waals surface area contributed by atoms with Crippen molar-refractivity contribution >= 4 is 11.9 Å². The Morgan fingerprint density at radius 3 is 2.85 bits per heavy atom. The van der Waals surface area contributed by atoms with E-state index in [4.69, 9.17) is 0 Å². The van der Waals surface area contributed by atoms with E-state index in [-0.39, 0.29) is 12.5 Å². The first-order valence-electron chi connectivity index (χ1n) is 7.03. The lowest BCUT2D eigenvalue weighted by molar-refractivity contribution is -0.152. The van der Waals surface area contributed by atoms with E-state index in [0.717, 1.165) is 18.5 Å². The lowest BCUT2D eigenvalue weighted by atomic mass is 9.76. The molecule has 0 saturated carbocycles. The fraction of sp³-hybridized carbons (Fsp3) is 0.643. The summed E-state index contributed by atoms with van der Waals surface area (Å²) in [5, 5.41) is 16.2. The topological polar surface area (TPSA) is 86.3 Å². The number of hydrogen-bond acceptors (Lipinski definition) is 3. The van der Waals surface area contributed by atoms with Crippen LogP contribution in [0.4, 0.5) is 0 Å². The van der Waals surface area contributed by atoms with E-state index >= 15 is 0 Å². The third kappa shape index (κ3) is 2.69. The minimum Gasteiger partial charge on any atom is -0.481 e. The molecule has 6 heteroatoms. The summed E-state index contributed by atoms with van der Waals surface area (Å²) in [6.45, 7) is 4.69. The van der Waals surface area contributed by atoms with Gasteiger partial charge in [0.2, 0.25) is 0 Å². The first-order chi connectivity index (χ1) is 9.48. The van der Waals surface area contributed by atoms with Crippen molar-refractivity contribution in [1.29, 1.82) is 0 Å². The molecule has 1 fully saturated rings. The second-order valence-corrected chi connectivity index (χ2v) is 5.60. The second kappa shape index (κ2) is 5.64. The number of amides is 1. The van der Waals surface area contributed by atoms with Crippen molar-refractivity contribution in [2.24, 2.45) is 5.41 Å². The number of nitrogens with zero attached hydrogens (tertiary/aromatic N) is 2. The number of aliphatic carboxylic acids is 1. The van der Waals surface area contributed by atoms with E-state index in [1.165, 1.54) is 0 Å². The summed E-state index contributed by atoms with van der Waals surface area (Å²) < 4.78 is 0. The molecule has 110 valence electrons. The van der Waals surface area contributed by atoms with Crippen molar-refractivity contribution in [1.82, 2.24) is 15.1 Å². The molecule has 2 N–H and O–H groups in total. The van der Waals surface area contributed by atoms with Gasteiger partial charge in [0.15, 0.2) is 0 Å². The maximum absolute atomic E-state index is 12.4. The number of H-pyrrole nitrogens is 1. The third-order valence-corrected chi connectivity index (χ3v) is 3.97. The number of rotatable bonds is 4. The molecular weight excluding hydrogens is 258 g/mol. The number of aromatic nitrogens is 2. The van der Waals surface area contributed by atoms with Gasteiger partial charge in [0.05, 0.1) is 5.41 Å². The van der Waals surface area contributed by atoms with E-state index in [1.807, 2.05) is 13.8 Å². The Morgan fingerprint density at radius 1 is 1.55 bits per heavy atom. The number of hydrogen-bond donors (Lipinski definition) is 2. The maximum atomic E-state index is 12.4. The zero-order valence-electron chi connectivity index (χ0n) is 12.0. The molecule has 1 atom stereocenters. The van der Waals surface area contributed by atoms with E-state index in [9.17, 15) is 14.7 Å². The Balaban J connectivity index is 2.17. The minimum absolute atomic E-state index is 0.184. The molecule has 0 aliphatic carbocycles. The summed E-state index contributed by atoms with van der Waals surface area (Å²) in [5.74, 6) is -0.981. The van der Waals surface area contributed by atoms with Gasteiger partial charge in [-0.2, -0.15) is 5.10 Å². The molecule has 0 radical (unpaired) electrons. The molecule has 0 aromatic carbocycles. The molecule has 2 heterocycles. The molecule has 1 saturated heterocycles. The van der Waals surface area contributed by atoms with Crippen LogP contribution in [0.3, 0.4) is 0 Å². The van der Waals surface area contributed by atoms with Crippen LogP contribution >= 0.6 is 0 Å². The average Bonchev–Trinajstić information content (AvgIpc) is 2.85. The number of nitrogens with one attached hydrogen (secondary N) is 1. The van der Waals surface area contributed by atoms with Crippen molar-refractivity contribution < 1.29 is 14.7 Å². The Bertz CT molecular complexity index is 508. The maximum Gasteiger partial charge on any atom is 0.311 e. The number of aromatic amines is 1. The predicted molar refractivity (Wildman–Crippen MR) is 73.4 cm³/mol. The lowest BCUT2D eigenvalue weighted by Crippen LogP contribution is -2.50. The number of likely N-dealkylation sites (tertiary alicyclic amines) is 1. The van der Waals surface area contributed by atoms with Gasteiger partial charge >= 0.3 is 5.97 Å². The van der Waals surface area contributed by atoms with Crippen molar-refractivity contribution in [3.8, 4) is 0 Å². The highest BCUT2D eigenvalue weighted by Crippen LogP contribution is 2.35. The molecule has 1 aliphatic rings. The van der Waals surface area contributed by atoms with E-state index < -0.39 is 11.4 Å². The predicted octanol–water partition coefficient (Wildman–Crippen LogP) is 1.83. The Labute approximate surface area is 118 Å². The smallest absolute Gasteiger partial charge is 0.311 e. The van der Waals surface area contributed by atoms with Crippen LogP contribution in [0.1, 0.15) is 48.8 Å². The van der Waals surface area contributed by atoms with Crippen LogP contribution in [0, 0.1) is 12.3 Å². The van der Waals surface area contributed by atoms with E-state index in [2.05, 4.69) is 10.2 Å². The van der Waals surface area contributed by atoms with E-state index in [1.54, 1.807) is 11.0 Å². The van der Waals surface area contributed by atoms with Gasteiger partial charge in [0.1, 0.15) is 5.69 Å². The van der Waals surface area contributed by atoms with E-state index in [0.29, 0.717) is 25.1 Å². The van der Waals surface area contributed by atoms with Crippen LogP contribution < -0.4 is 0 Å². The Kier molecular flexibility index (Phi) is 4.11. The second-order valence-electron chi connectivity index (χ2n) is 5.60. The fourth-order valence-corrected chi connectivity index (χ4v) is 2.96. The average molecular weight is 279 g/mol. The van der Waals surface area contributed by atoms with Crippen LogP contribution in [-0.2, 0) is 4.79 Å². The van der Waals surface area contributed by atoms with Gasteiger partial charge in [-0.3, -0.25) is 14.7 Å². The molecule has 1 aromatic rings. The SMILES string of the molecule is CCCC1(C(=O)O)CCCN(C(=O)c2cc(C)[nH]n2)C1. The highest BCUT2D eigenvalue weighted by Gasteiger charge is 2.43. The number of piperidine rings is 1.